The first-order chi connectivity index (χ1) is 17.2. The molecule has 36 heavy (non-hydrogen) atoms. The molecule has 5 aromatic rings. The molecule has 0 fully saturated rings. The smallest absolute Gasteiger partial charge is 0.263 e. The van der Waals surface area contributed by atoms with Crippen molar-refractivity contribution in [2.24, 2.45) is 0 Å². The minimum Gasteiger partial charge on any atom is -0.495 e. The Morgan fingerprint density at radius 3 is 2.53 bits per heavy atom. The molecule has 0 radical (unpaired) electrons. The van der Waals surface area contributed by atoms with Gasteiger partial charge in [-0.15, -0.1) is 0 Å². The Labute approximate surface area is 211 Å². The van der Waals surface area contributed by atoms with Gasteiger partial charge in [0.15, 0.2) is 5.82 Å². The van der Waals surface area contributed by atoms with Gasteiger partial charge in [0, 0.05) is 22.5 Å². The Hall–Kier alpha value is -4.08. The molecule has 3 aromatic carbocycles. The number of hydrogen-bond donors (Lipinski definition) is 1. The van der Waals surface area contributed by atoms with Crippen LogP contribution in [0, 0.1) is 6.92 Å². The zero-order chi connectivity index (χ0) is 25.4. The highest BCUT2D eigenvalue weighted by atomic mass is 35.5. The summed E-state index contributed by atoms with van der Waals surface area (Å²) >= 11 is 6.24. The first-order valence-electron chi connectivity index (χ1n) is 10.8. The van der Waals surface area contributed by atoms with Crippen molar-refractivity contribution in [3.05, 3.63) is 100.0 Å². The Bertz CT molecular complexity index is 1740. The molecule has 8 nitrogen and oxygen atoms in total. The minimum atomic E-state index is -3.91. The van der Waals surface area contributed by atoms with Crippen LogP contribution in [0.1, 0.15) is 5.56 Å². The first-order valence-corrected chi connectivity index (χ1v) is 12.7. The van der Waals surface area contributed by atoms with Crippen LogP contribution in [0.5, 0.6) is 5.75 Å². The van der Waals surface area contributed by atoms with Gasteiger partial charge in [0.25, 0.3) is 15.6 Å². The van der Waals surface area contributed by atoms with Crippen LogP contribution >= 0.6 is 11.6 Å². The fourth-order valence-electron chi connectivity index (χ4n) is 4.05. The number of methoxy groups -OCH3 is 1. The summed E-state index contributed by atoms with van der Waals surface area (Å²) in [5.41, 5.74) is 3.57. The molecule has 5 rings (SSSR count). The highest BCUT2D eigenvalue weighted by molar-refractivity contribution is 7.92. The summed E-state index contributed by atoms with van der Waals surface area (Å²) in [7, 11) is -2.38. The van der Waals surface area contributed by atoms with E-state index in [0.717, 1.165) is 16.7 Å². The summed E-state index contributed by atoms with van der Waals surface area (Å²) in [4.78, 5) is 13.0. The Kier molecular flexibility index (Phi) is 6.03. The molecular formula is C26H20ClN3O5S. The van der Waals surface area contributed by atoms with E-state index in [1.165, 1.54) is 42.2 Å². The molecule has 2 aromatic heterocycles. The molecule has 0 saturated heterocycles. The van der Waals surface area contributed by atoms with E-state index < -0.39 is 10.0 Å². The molecular weight excluding hydrogens is 502 g/mol. The van der Waals surface area contributed by atoms with Crippen molar-refractivity contribution in [1.82, 2.24) is 9.72 Å². The molecule has 182 valence electrons. The van der Waals surface area contributed by atoms with E-state index in [1.54, 1.807) is 18.2 Å². The van der Waals surface area contributed by atoms with Crippen molar-refractivity contribution in [2.45, 2.75) is 11.8 Å². The van der Waals surface area contributed by atoms with Gasteiger partial charge in [0.2, 0.25) is 0 Å². The summed E-state index contributed by atoms with van der Waals surface area (Å²) in [6.45, 7) is 1.96. The summed E-state index contributed by atoms with van der Waals surface area (Å²) in [6, 6.07) is 20.1. The average Bonchev–Trinajstić information content (AvgIpc) is 3.35. The number of anilines is 1. The van der Waals surface area contributed by atoms with Crippen LogP contribution in [0.15, 0.2) is 93.3 Å². The maximum Gasteiger partial charge on any atom is 0.263 e. The lowest BCUT2D eigenvalue weighted by molar-refractivity contribution is 0.413. The standard InChI is InChI=1S/C26H20ClN3O5S/c1-16-11-19(13-20(27)12-16)17-3-6-23(24(15-17)34-2)30-22-7-5-21(14-18(22)4-8-26(30)31)36(32,33)29-25-9-10-35-28-25/h3-15H,1-2H3,(H,28,29). The number of aromatic nitrogens is 2. The van der Waals surface area contributed by atoms with Crippen molar-refractivity contribution in [1.29, 1.82) is 0 Å². The Morgan fingerprint density at radius 2 is 1.81 bits per heavy atom. The average molecular weight is 522 g/mol. The number of nitrogens with one attached hydrogen (secondary N) is 1. The van der Waals surface area contributed by atoms with E-state index in [1.807, 2.05) is 37.3 Å². The van der Waals surface area contributed by atoms with E-state index in [-0.39, 0.29) is 16.3 Å². The second kappa shape index (κ2) is 9.18. The van der Waals surface area contributed by atoms with Gasteiger partial charge in [0.05, 0.1) is 23.2 Å². The van der Waals surface area contributed by atoms with Crippen molar-refractivity contribution >= 4 is 38.3 Å². The number of rotatable bonds is 6. The SMILES string of the molecule is COc1cc(-c2cc(C)cc(Cl)c2)ccc1-n1c(=O)ccc2cc(S(=O)(=O)Nc3ccon3)ccc21. The van der Waals surface area contributed by atoms with Gasteiger partial charge < -0.3 is 9.26 Å². The van der Waals surface area contributed by atoms with Crippen LogP contribution in [0.4, 0.5) is 5.82 Å². The van der Waals surface area contributed by atoms with Gasteiger partial charge in [-0.1, -0.05) is 28.9 Å². The van der Waals surface area contributed by atoms with Gasteiger partial charge >= 0.3 is 0 Å². The summed E-state index contributed by atoms with van der Waals surface area (Å²) < 4.78 is 39.8. The topological polar surface area (TPSA) is 103 Å². The largest absolute Gasteiger partial charge is 0.495 e. The molecule has 0 atom stereocenters. The monoisotopic (exact) mass is 521 g/mol. The van der Waals surface area contributed by atoms with Crippen LogP contribution in [0.25, 0.3) is 27.7 Å². The molecule has 0 aliphatic heterocycles. The van der Waals surface area contributed by atoms with Crippen molar-refractivity contribution in [2.75, 3.05) is 11.8 Å². The highest BCUT2D eigenvalue weighted by Gasteiger charge is 2.18. The fraction of sp³-hybridized carbons (Fsp3) is 0.0769. The molecule has 1 N–H and O–H groups in total. The van der Waals surface area contributed by atoms with E-state index >= 15 is 0 Å². The van der Waals surface area contributed by atoms with Crippen LogP contribution in [-0.2, 0) is 10.0 Å². The number of pyridine rings is 1. The van der Waals surface area contributed by atoms with Crippen molar-refractivity contribution in [3.63, 3.8) is 0 Å². The molecule has 0 spiro atoms. The maximum atomic E-state index is 13.0. The third kappa shape index (κ3) is 4.46. The summed E-state index contributed by atoms with van der Waals surface area (Å²) in [6.07, 6.45) is 1.27. The zero-order valence-corrected chi connectivity index (χ0v) is 20.8. The fourth-order valence-corrected chi connectivity index (χ4v) is 5.36. The van der Waals surface area contributed by atoms with Crippen LogP contribution in [-0.4, -0.2) is 25.3 Å². The lowest BCUT2D eigenvalue weighted by atomic mass is 10.0. The number of aryl methyl sites for hydroxylation is 1. The van der Waals surface area contributed by atoms with Crippen molar-refractivity contribution < 1.29 is 17.7 Å². The Morgan fingerprint density at radius 1 is 0.972 bits per heavy atom. The third-order valence-corrected chi connectivity index (χ3v) is 7.22. The van der Waals surface area contributed by atoms with Gasteiger partial charge in [-0.25, -0.2) is 8.42 Å². The highest BCUT2D eigenvalue weighted by Crippen LogP contribution is 2.33. The van der Waals surface area contributed by atoms with E-state index in [2.05, 4.69) is 14.4 Å². The quantitative estimate of drug-likeness (QED) is 0.320. The molecule has 10 heteroatoms. The van der Waals surface area contributed by atoms with E-state index in [4.69, 9.17) is 16.3 Å². The molecule has 0 amide bonds. The molecule has 0 aliphatic rings. The summed E-state index contributed by atoms with van der Waals surface area (Å²) in [5.74, 6) is 0.545. The van der Waals surface area contributed by atoms with Crippen molar-refractivity contribution in [3.8, 4) is 22.6 Å². The molecule has 0 unspecified atom stereocenters. The number of benzene rings is 3. The number of halogens is 1. The van der Waals surface area contributed by atoms with Crippen LogP contribution < -0.4 is 15.0 Å². The van der Waals surface area contributed by atoms with Gasteiger partial charge in [-0.05, 0) is 72.1 Å². The normalized spacial score (nSPS) is 11.5. The second-order valence-corrected chi connectivity index (χ2v) is 10.2. The number of fused-ring (bicyclic) bond motifs is 1. The molecule has 0 aliphatic carbocycles. The van der Waals surface area contributed by atoms with Gasteiger partial charge in [0.1, 0.15) is 12.0 Å². The Balaban J connectivity index is 1.61. The predicted octanol–water partition coefficient (Wildman–Crippen LogP) is 5.42. The van der Waals surface area contributed by atoms with E-state index in [0.29, 0.717) is 27.4 Å². The third-order valence-electron chi connectivity index (χ3n) is 5.65. The second-order valence-electron chi connectivity index (χ2n) is 8.12. The minimum absolute atomic E-state index is 0.0156. The van der Waals surface area contributed by atoms with Crippen LogP contribution in [0.2, 0.25) is 5.02 Å². The van der Waals surface area contributed by atoms with E-state index in [9.17, 15) is 13.2 Å². The maximum absolute atomic E-state index is 13.0. The molecule has 2 heterocycles. The lowest BCUT2D eigenvalue weighted by Gasteiger charge is -2.16. The molecule has 0 bridgehead atoms. The number of hydrogen-bond acceptors (Lipinski definition) is 6. The lowest BCUT2D eigenvalue weighted by Crippen LogP contribution is -2.18. The number of sulfonamides is 1. The van der Waals surface area contributed by atoms with Crippen LogP contribution in [0.3, 0.4) is 0 Å². The number of nitrogens with zero attached hydrogens (tertiary/aromatic N) is 2. The van der Waals surface area contributed by atoms with Gasteiger partial charge in [-0.2, -0.15) is 0 Å². The number of ether oxygens (including phenoxy) is 1. The van der Waals surface area contributed by atoms with Gasteiger partial charge in [-0.3, -0.25) is 14.1 Å². The summed E-state index contributed by atoms with van der Waals surface area (Å²) in [5, 5.41) is 4.76. The molecule has 0 saturated carbocycles. The predicted molar refractivity (Wildman–Crippen MR) is 139 cm³/mol. The zero-order valence-electron chi connectivity index (χ0n) is 19.2. The first kappa shape index (κ1) is 23.7.